The summed E-state index contributed by atoms with van der Waals surface area (Å²) in [7, 11) is 1.98. The number of aromatic nitrogens is 4. The highest BCUT2D eigenvalue weighted by Gasteiger charge is 2.36. The van der Waals surface area contributed by atoms with E-state index in [1.54, 1.807) is 0 Å². The second kappa shape index (κ2) is 4.25. The van der Waals surface area contributed by atoms with E-state index in [-0.39, 0.29) is 0 Å². The van der Waals surface area contributed by atoms with Crippen LogP contribution in [0.2, 0.25) is 0 Å². The second-order valence-electron chi connectivity index (χ2n) is 5.86. The van der Waals surface area contributed by atoms with Crippen molar-refractivity contribution in [2.24, 2.45) is 12.5 Å². The Kier molecular flexibility index (Phi) is 2.80. The summed E-state index contributed by atoms with van der Waals surface area (Å²) in [5, 5.41) is 4.55. The van der Waals surface area contributed by atoms with Crippen LogP contribution in [0.3, 0.4) is 0 Å². The SMILES string of the molecule is CCc1nn(C)c2c1nc(N)n2CC1(CC)CCC1. The summed E-state index contributed by atoms with van der Waals surface area (Å²) >= 11 is 0. The largest absolute Gasteiger partial charge is 0.369 e. The highest BCUT2D eigenvalue weighted by Crippen LogP contribution is 2.46. The summed E-state index contributed by atoms with van der Waals surface area (Å²) in [6.45, 7) is 5.37. The van der Waals surface area contributed by atoms with Gasteiger partial charge in [0.15, 0.2) is 5.65 Å². The number of hydrogen-bond donors (Lipinski definition) is 1. The summed E-state index contributed by atoms with van der Waals surface area (Å²) in [5.74, 6) is 0.637. The average molecular weight is 261 g/mol. The zero-order chi connectivity index (χ0) is 13.6. The van der Waals surface area contributed by atoms with Crippen molar-refractivity contribution >= 4 is 17.1 Å². The first-order valence-corrected chi connectivity index (χ1v) is 7.28. The van der Waals surface area contributed by atoms with Crippen LogP contribution in [0, 0.1) is 5.41 Å². The molecule has 1 aliphatic rings. The summed E-state index contributed by atoms with van der Waals surface area (Å²) in [6.07, 6.45) is 6.07. The second-order valence-corrected chi connectivity index (χ2v) is 5.86. The molecule has 2 aromatic heterocycles. The third kappa shape index (κ3) is 1.75. The van der Waals surface area contributed by atoms with Gasteiger partial charge in [-0.1, -0.05) is 20.3 Å². The van der Waals surface area contributed by atoms with E-state index in [9.17, 15) is 0 Å². The van der Waals surface area contributed by atoms with Gasteiger partial charge in [0.1, 0.15) is 5.52 Å². The molecule has 5 nitrogen and oxygen atoms in total. The van der Waals surface area contributed by atoms with Gasteiger partial charge in [-0.05, 0) is 31.1 Å². The van der Waals surface area contributed by atoms with E-state index in [1.165, 1.54) is 25.7 Å². The average Bonchev–Trinajstić information content (AvgIpc) is 2.82. The lowest BCUT2D eigenvalue weighted by molar-refractivity contribution is 0.102. The van der Waals surface area contributed by atoms with E-state index in [1.807, 2.05) is 11.7 Å². The van der Waals surface area contributed by atoms with Gasteiger partial charge in [0.25, 0.3) is 0 Å². The van der Waals surface area contributed by atoms with E-state index in [0.717, 1.165) is 29.8 Å². The quantitative estimate of drug-likeness (QED) is 0.919. The van der Waals surface area contributed by atoms with E-state index in [2.05, 4.69) is 28.5 Å². The first-order valence-electron chi connectivity index (χ1n) is 7.28. The lowest BCUT2D eigenvalue weighted by Gasteiger charge is -2.41. The Bertz CT molecular complexity index is 597. The van der Waals surface area contributed by atoms with E-state index in [4.69, 9.17) is 5.73 Å². The van der Waals surface area contributed by atoms with Crippen molar-refractivity contribution < 1.29 is 0 Å². The van der Waals surface area contributed by atoms with Crippen LogP contribution in [0.1, 0.15) is 45.2 Å². The molecule has 0 unspecified atom stereocenters. The van der Waals surface area contributed by atoms with Crippen LogP contribution >= 0.6 is 0 Å². The van der Waals surface area contributed by atoms with E-state index in [0.29, 0.717) is 11.4 Å². The summed E-state index contributed by atoms with van der Waals surface area (Å²) in [5.41, 5.74) is 9.67. The van der Waals surface area contributed by atoms with Gasteiger partial charge in [0.05, 0.1) is 5.69 Å². The first kappa shape index (κ1) is 12.5. The Morgan fingerprint density at radius 2 is 2.05 bits per heavy atom. The van der Waals surface area contributed by atoms with Crippen LogP contribution in [0.15, 0.2) is 0 Å². The molecule has 1 fully saturated rings. The Hall–Kier alpha value is -1.52. The van der Waals surface area contributed by atoms with Gasteiger partial charge in [0, 0.05) is 13.6 Å². The van der Waals surface area contributed by atoms with Crippen molar-refractivity contribution in [3.05, 3.63) is 5.69 Å². The highest BCUT2D eigenvalue weighted by atomic mass is 15.3. The molecule has 2 heterocycles. The van der Waals surface area contributed by atoms with Crippen LogP contribution in [0.25, 0.3) is 11.2 Å². The minimum absolute atomic E-state index is 0.429. The van der Waals surface area contributed by atoms with Gasteiger partial charge >= 0.3 is 0 Å². The number of rotatable bonds is 4. The smallest absolute Gasteiger partial charge is 0.202 e. The third-order valence-corrected chi connectivity index (χ3v) is 4.81. The number of nitrogen functional groups attached to an aromatic ring is 1. The number of imidazole rings is 1. The topological polar surface area (TPSA) is 61.7 Å². The van der Waals surface area contributed by atoms with Gasteiger partial charge in [-0.2, -0.15) is 5.10 Å². The Morgan fingerprint density at radius 3 is 2.58 bits per heavy atom. The van der Waals surface area contributed by atoms with Crippen molar-refractivity contribution in [1.82, 2.24) is 19.3 Å². The van der Waals surface area contributed by atoms with Crippen molar-refractivity contribution in [3.8, 4) is 0 Å². The standard InChI is InChI=1S/C14H23N5/c1-4-10-11-12(18(3)17-10)19(13(15)16-11)9-14(5-2)7-6-8-14/h4-9H2,1-3H3,(H2,15,16). The molecule has 0 aromatic carbocycles. The number of nitrogens with two attached hydrogens (primary N) is 1. The molecule has 19 heavy (non-hydrogen) atoms. The molecule has 3 rings (SSSR count). The Balaban J connectivity index is 2.07. The number of anilines is 1. The maximum Gasteiger partial charge on any atom is 0.202 e. The molecule has 0 amide bonds. The molecule has 2 aromatic rings. The molecule has 0 atom stereocenters. The predicted octanol–water partition coefficient (Wildman–Crippen LogP) is 2.49. The van der Waals surface area contributed by atoms with Crippen LogP contribution < -0.4 is 5.73 Å². The van der Waals surface area contributed by atoms with Gasteiger partial charge in [0.2, 0.25) is 5.95 Å². The summed E-state index contributed by atoms with van der Waals surface area (Å²) in [4.78, 5) is 4.54. The fraction of sp³-hybridized carbons (Fsp3) is 0.714. The molecule has 0 radical (unpaired) electrons. The summed E-state index contributed by atoms with van der Waals surface area (Å²) < 4.78 is 4.10. The van der Waals surface area contributed by atoms with Gasteiger partial charge in [-0.25, -0.2) is 4.98 Å². The number of fused-ring (bicyclic) bond motifs is 1. The zero-order valence-electron chi connectivity index (χ0n) is 12.1. The minimum Gasteiger partial charge on any atom is -0.369 e. The monoisotopic (exact) mass is 261 g/mol. The molecule has 0 aliphatic heterocycles. The number of nitrogens with zero attached hydrogens (tertiary/aromatic N) is 4. The molecule has 0 spiro atoms. The van der Waals surface area contributed by atoms with Crippen molar-refractivity contribution in [2.45, 2.75) is 52.5 Å². The lowest BCUT2D eigenvalue weighted by atomic mass is 9.67. The maximum absolute atomic E-state index is 6.14. The normalized spacial score (nSPS) is 17.8. The van der Waals surface area contributed by atoms with Gasteiger partial charge < -0.3 is 5.73 Å². The predicted molar refractivity (Wildman–Crippen MR) is 76.9 cm³/mol. The molecular formula is C14H23N5. The maximum atomic E-state index is 6.14. The molecule has 5 heteroatoms. The number of hydrogen-bond acceptors (Lipinski definition) is 3. The van der Waals surface area contributed by atoms with E-state index >= 15 is 0 Å². The van der Waals surface area contributed by atoms with Crippen molar-refractivity contribution in [2.75, 3.05) is 5.73 Å². The first-order chi connectivity index (χ1) is 9.10. The fourth-order valence-corrected chi connectivity index (χ4v) is 3.29. The van der Waals surface area contributed by atoms with E-state index < -0.39 is 0 Å². The van der Waals surface area contributed by atoms with Crippen LogP contribution in [-0.4, -0.2) is 19.3 Å². The lowest BCUT2D eigenvalue weighted by Crippen LogP contribution is -2.34. The Labute approximate surface area is 113 Å². The fourth-order valence-electron chi connectivity index (χ4n) is 3.29. The molecule has 1 aliphatic carbocycles. The molecule has 1 saturated carbocycles. The highest BCUT2D eigenvalue weighted by molar-refractivity contribution is 5.77. The van der Waals surface area contributed by atoms with Gasteiger partial charge in [-0.3, -0.25) is 9.25 Å². The summed E-state index contributed by atoms with van der Waals surface area (Å²) in [6, 6.07) is 0. The third-order valence-electron chi connectivity index (χ3n) is 4.81. The minimum atomic E-state index is 0.429. The van der Waals surface area contributed by atoms with Crippen molar-refractivity contribution in [3.63, 3.8) is 0 Å². The van der Waals surface area contributed by atoms with Gasteiger partial charge in [-0.15, -0.1) is 0 Å². The molecule has 0 saturated heterocycles. The van der Waals surface area contributed by atoms with Crippen LogP contribution in [0.4, 0.5) is 5.95 Å². The number of aryl methyl sites for hydroxylation is 2. The van der Waals surface area contributed by atoms with Crippen molar-refractivity contribution in [1.29, 1.82) is 0 Å². The molecule has 0 bridgehead atoms. The van der Waals surface area contributed by atoms with Crippen LogP contribution in [-0.2, 0) is 20.0 Å². The van der Waals surface area contributed by atoms with Crippen LogP contribution in [0.5, 0.6) is 0 Å². The molecular weight excluding hydrogens is 238 g/mol. The molecule has 104 valence electrons. The Morgan fingerprint density at radius 1 is 1.32 bits per heavy atom. The molecule has 2 N–H and O–H groups in total. The zero-order valence-corrected chi connectivity index (χ0v) is 12.1.